The van der Waals surface area contributed by atoms with Crippen LogP contribution in [0.4, 0.5) is 4.79 Å². The highest BCUT2D eigenvalue weighted by Gasteiger charge is 2.27. The maximum Gasteiger partial charge on any atom is 0.312 e. The minimum atomic E-state index is -0.568. The number of aromatic nitrogens is 2. The Balaban J connectivity index is 1.34. The van der Waals surface area contributed by atoms with E-state index in [1.165, 1.54) is 6.33 Å². The third-order valence-corrected chi connectivity index (χ3v) is 6.67. The summed E-state index contributed by atoms with van der Waals surface area (Å²) in [4.78, 5) is 21.5. The first-order valence-corrected chi connectivity index (χ1v) is 13.1. The Morgan fingerprint density at radius 3 is 2.68 bits per heavy atom. The number of halogens is 2. The smallest absolute Gasteiger partial charge is 0.312 e. The molecule has 9 nitrogen and oxygen atoms in total. The highest BCUT2D eigenvalue weighted by atomic mass is 35.5. The number of carbonyl (C=O) groups excluding carboxylic acids is 1. The van der Waals surface area contributed by atoms with E-state index in [4.69, 9.17) is 43.1 Å². The SMILES string of the molecule is CN1Cc2c(Cl)cc(Cl)cc2[C@H](c2cccc(-c3cc(OCCOCCOCCNC(N)=O)ncn3)c2)C1. The van der Waals surface area contributed by atoms with Crippen molar-refractivity contribution in [3.8, 4) is 17.1 Å². The number of fused-ring (bicyclic) bond motifs is 1. The van der Waals surface area contributed by atoms with Crippen LogP contribution >= 0.6 is 23.2 Å². The molecule has 1 aliphatic rings. The summed E-state index contributed by atoms with van der Waals surface area (Å²) in [5.41, 5.74) is 10.2. The standard InChI is InChI=1S/C27H31Cl2N5O4/c1-34-15-22(21-12-20(28)13-24(29)23(21)16-34)18-3-2-4-19(11-18)25-14-26(33-17-32-25)38-10-9-37-8-7-36-6-5-31-27(30)35/h2-4,11-14,17,22H,5-10,15-16H2,1H3,(H3,30,31,35)/t22-/m0/s1. The minimum absolute atomic E-state index is 0.137. The zero-order chi connectivity index (χ0) is 26.9. The number of likely N-dealkylation sites (N-methyl/N-ethyl adjacent to an activating group) is 1. The first-order chi connectivity index (χ1) is 18.4. The number of urea groups is 1. The van der Waals surface area contributed by atoms with Crippen LogP contribution in [0.1, 0.15) is 22.6 Å². The normalized spacial score (nSPS) is 15.2. The van der Waals surface area contributed by atoms with E-state index >= 15 is 0 Å². The molecular weight excluding hydrogens is 529 g/mol. The summed E-state index contributed by atoms with van der Waals surface area (Å²) in [6.45, 7) is 3.94. The van der Waals surface area contributed by atoms with Gasteiger partial charge in [-0.05, 0) is 41.9 Å². The molecule has 3 aromatic rings. The van der Waals surface area contributed by atoms with Crippen molar-refractivity contribution < 1.29 is 19.0 Å². The highest BCUT2D eigenvalue weighted by Crippen LogP contribution is 2.39. The van der Waals surface area contributed by atoms with Crippen molar-refractivity contribution in [1.29, 1.82) is 0 Å². The Kier molecular flexibility index (Phi) is 10.1. The van der Waals surface area contributed by atoms with Gasteiger partial charge >= 0.3 is 6.03 Å². The molecule has 4 rings (SSSR count). The van der Waals surface area contributed by atoms with Crippen molar-refractivity contribution in [3.05, 3.63) is 75.5 Å². The molecule has 0 bridgehead atoms. The van der Waals surface area contributed by atoms with Gasteiger partial charge in [0.05, 0.1) is 32.1 Å². The monoisotopic (exact) mass is 559 g/mol. The van der Waals surface area contributed by atoms with Gasteiger partial charge in [-0.2, -0.15) is 0 Å². The number of hydrogen-bond acceptors (Lipinski definition) is 7. The second kappa shape index (κ2) is 13.7. The predicted molar refractivity (Wildman–Crippen MR) is 147 cm³/mol. The first-order valence-electron chi connectivity index (χ1n) is 12.3. The number of benzene rings is 2. The number of hydrogen-bond donors (Lipinski definition) is 2. The largest absolute Gasteiger partial charge is 0.475 e. The second-order valence-electron chi connectivity index (χ2n) is 8.94. The van der Waals surface area contributed by atoms with Gasteiger partial charge in [-0.1, -0.05) is 41.4 Å². The minimum Gasteiger partial charge on any atom is -0.475 e. The summed E-state index contributed by atoms with van der Waals surface area (Å²) < 4.78 is 16.6. The van der Waals surface area contributed by atoms with Crippen molar-refractivity contribution in [2.24, 2.45) is 5.73 Å². The van der Waals surface area contributed by atoms with Gasteiger partial charge in [0, 0.05) is 47.2 Å². The number of nitrogens with two attached hydrogens (primary N) is 1. The van der Waals surface area contributed by atoms with E-state index in [0.29, 0.717) is 55.5 Å². The molecule has 1 aromatic heterocycles. The Bertz CT molecular complexity index is 1250. The van der Waals surface area contributed by atoms with Crippen molar-refractivity contribution in [2.75, 3.05) is 53.2 Å². The number of primary amides is 1. The number of rotatable bonds is 12. The van der Waals surface area contributed by atoms with Crippen LogP contribution in [0.25, 0.3) is 11.3 Å². The molecule has 0 saturated carbocycles. The van der Waals surface area contributed by atoms with Gasteiger partial charge in [0.15, 0.2) is 0 Å². The lowest BCUT2D eigenvalue weighted by Gasteiger charge is -2.33. The molecule has 0 fully saturated rings. The van der Waals surface area contributed by atoms with Crippen molar-refractivity contribution >= 4 is 29.2 Å². The van der Waals surface area contributed by atoms with E-state index < -0.39 is 6.03 Å². The molecule has 202 valence electrons. The molecule has 2 amide bonds. The van der Waals surface area contributed by atoms with Crippen molar-refractivity contribution in [3.63, 3.8) is 0 Å². The maximum absolute atomic E-state index is 10.6. The molecule has 2 heterocycles. The average molecular weight is 560 g/mol. The van der Waals surface area contributed by atoms with E-state index in [-0.39, 0.29) is 5.92 Å². The Morgan fingerprint density at radius 2 is 1.87 bits per heavy atom. The topological polar surface area (TPSA) is 112 Å². The second-order valence-corrected chi connectivity index (χ2v) is 9.78. The van der Waals surface area contributed by atoms with Gasteiger partial charge in [-0.25, -0.2) is 14.8 Å². The molecule has 0 aliphatic carbocycles. The summed E-state index contributed by atoms with van der Waals surface area (Å²) in [7, 11) is 2.10. The zero-order valence-corrected chi connectivity index (χ0v) is 22.7. The third-order valence-electron chi connectivity index (χ3n) is 6.11. The maximum atomic E-state index is 10.6. The number of nitrogens with zero attached hydrogens (tertiary/aromatic N) is 3. The summed E-state index contributed by atoms with van der Waals surface area (Å²) in [6.07, 6.45) is 1.50. The van der Waals surface area contributed by atoms with E-state index in [1.807, 2.05) is 30.3 Å². The predicted octanol–water partition coefficient (Wildman–Crippen LogP) is 4.11. The van der Waals surface area contributed by atoms with Crippen LogP contribution in [0.5, 0.6) is 5.88 Å². The summed E-state index contributed by atoms with van der Waals surface area (Å²) >= 11 is 12.9. The molecule has 3 N–H and O–H groups in total. The van der Waals surface area contributed by atoms with E-state index in [1.54, 1.807) is 0 Å². The fourth-order valence-electron chi connectivity index (χ4n) is 4.40. The summed E-state index contributed by atoms with van der Waals surface area (Å²) in [6, 6.07) is 13.4. The van der Waals surface area contributed by atoms with Crippen LogP contribution in [0.15, 0.2) is 48.8 Å². The molecule has 2 aromatic carbocycles. The summed E-state index contributed by atoms with van der Waals surface area (Å²) in [5, 5.41) is 3.80. The molecule has 11 heteroatoms. The first kappa shape index (κ1) is 28.1. The molecule has 38 heavy (non-hydrogen) atoms. The Morgan fingerprint density at radius 1 is 1.08 bits per heavy atom. The van der Waals surface area contributed by atoms with Crippen molar-refractivity contribution in [2.45, 2.75) is 12.5 Å². The number of amides is 2. The lowest BCUT2D eigenvalue weighted by atomic mass is 9.84. The highest BCUT2D eigenvalue weighted by molar-refractivity contribution is 6.35. The molecule has 1 aliphatic heterocycles. The van der Waals surface area contributed by atoms with Gasteiger partial charge in [0.25, 0.3) is 0 Å². The molecule has 0 spiro atoms. The third kappa shape index (κ3) is 7.78. The van der Waals surface area contributed by atoms with Crippen LogP contribution in [-0.2, 0) is 16.0 Å². The van der Waals surface area contributed by atoms with Crippen LogP contribution < -0.4 is 15.8 Å². The van der Waals surface area contributed by atoms with Gasteiger partial charge < -0.3 is 30.2 Å². The lowest BCUT2D eigenvalue weighted by Crippen LogP contribution is -2.32. The molecule has 0 unspecified atom stereocenters. The number of nitrogens with one attached hydrogen (secondary N) is 1. The van der Waals surface area contributed by atoms with E-state index in [2.05, 4.69) is 39.4 Å². The average Bonchev–Trinajstić information content (AvgIpc) is 2.90. The summed E-state index contributed by atoms with van der Waals surface area (Å²) in [5.74, 6) is 0.608. The van der Waals surface area contributed by atoms with E-state index in [9.17, 15) is 4.79 Å². The van der Waals surface area contributed by atoms with Crippen LogP contribution in [-0.4, -0.2) is 74.1 Å². The quantitative estimate of drug-likeness (QED) is 0.321. The van der Waals surface area contributed by atoms with Crippen LogP contribution in [0.2, 0.25) is 10.0 Å². The molecule has 1 atom stereocenters. The fraction of sp³-hybridized carbons (Fsp3) is 0.370. The molecule has 0 radical (unpaired) electrons. The fourth-order valence-corrected chi connectivity index (χ4v) is 4.96. The van der Waals surface area contributed by atoms with Crippen LogP contribution in [0.3, 0.4) is 0 Å². The molecular formula is C27H31Cl2N5O4. The Labute approximate surface area is 232 Å². The number of ether oxygens (including phenoxy) is 3. The van der Waals surface area contributed by atoms with E-state index in [0.717, 1.165) is 41.0 Å². The zero-order valence-electron chi connectivity index (χ0n) is 21.2. The van der Waals surface area contributed by atoms with Gasteiger partial charge in [-0.3, -0.25) is 0 Å². The lowest BCUT2D eigenvalue weighted by molar-refractivity contribution is 0.0372. The van der Waals surface area contributed by atoms with Crippen LogP contribution in [0, 0.1) is 0 Å². The van der Waals surface area contributed by atoms with Gasteiger partial charge in [0.1, 0.15) is 12.9 Å². The number of carbonyl (C=O) groups is 1. The Hall–Kier alpha value is -2.95. The van der Waals surface area contributed by atoms with Gasteiger partial charge in [0.2, 0.25) is 5.88 Å². The van der Waals surface area contributed by atoms with Gasteiger partial charge in [-0.15, -0.1) is 0 Å². The van der Waals surface area contributed by atoms with Crippen molar-refractivity contribution in [1.82, 2.24) is 20.2 Å². The molecule has 0 saturated heterocycles.